The molecule has 23 heavy (non-hydrogen) atoms. The van der Waals surface area contributed by atoms with E-state index in [0.29, 0.717) is 21.7 Å². The zero-order valence-corrected chi connectivity index (χ0v) is 13.4. The third kappa shape index (κ3) is 2.96. The molecule has 0 radical (unpaired) electrons. The fraction of sp³-hybridized carbons (Fsp3) is 0.118. The van der Waals surface area contributed by atoms with Crippen LogP contribution in [-0.4, -0.2) is 15.5 Å². The number of nitrogens with zero attached hydrogens (tertiary/aromatic N) is 2. The minimum Gasteiger partial charge on any atom is -0.350 e. The van der Waals surface area contributed by atoms with Crippen molar-refractivity contribution in [3.05, 3.63) is 69.1 Å². The van der Waals surface area contributed by atoms with Gasteiger partial charge in [-0.2, -0.15) is 0 Å². The van der Waals surface area contributed by atoms with Gasteiger partial charge in [-0.15, -0.1) is 0 Å². The zero-order chi connectivity index (χ0) is 16.6. The number of aromatic nitrogens is 2. The monoisotopic (exact) mass is 327 g/mol. The second kappa shape index (κ2) is 5.85. The fourth-order valence-corrected chi connectivity index (χ4v) is 2.59. The molecule has 5 nitrogen and oxygen atoms in total. The van der Waals surface area contributed by atoms with E-state index >= 15 is 0 Å². The molecular weight excluding hydrogens is 314 g/mol. The van der Waals surface area contributed by atoms with Gasteiger partial charge >= 0.3 is 0 Å². The molecule has 0 fully saturated rings. The lowest BCUT2D eigenvalue weighted by Gasteiger charge is -2.10. The van der Waals surface area contributed by atoms with E-state index < -0.39 is 5.91 Å². The first-order valence-electron chi connectivity index (χ1n) is 6.98. The van der Waals surface area contributed by atoms with E-state index in [4.69, 9.17) is 11.6 Å². The summed E-state index contributed by atoms with van der Waals surface area (Å²) in [5.74, 6) is -0.0891. The maximum atomic E-state index is 12.6. The summed E-state index contributed by atoms with van der Waals surface area (Å²) in [6, 6.07) is 8.59. The molecule has 1 aromatic carbocycles. The Kier molecular flexibility index (Phi) is 3.88. The van der Waals surface area contributed by atoms with Gasteiger partial charge < -0.3 is 9.88 Å². The third-order valence-electron chi connectivity index (χ3n) is 3.55. The number of pyridine rings is 2. The topological polar surface area (TPSA) is 64.0 Å². The molecule has 116 valence electrons. The molecule has 2 aromatic heterocycles. The minimum absolute atomic E-state index is 0.0468. The van der Waals surface area contributed by atoms with Crippen LogP contribution < -0.4 is 10.7 Å². The summed E-state index contributed by atoms with van der Waals surface area (Å²) in [7, 11) is 1.78. The molecule has 0 aliphatic rings. The number of hydrogen-bond donors (Lipinski definition) is 1. The number of hydrogen-bond acceptors (Lipinski definition) is 3. The van der Waals surface area contributed by atoms with Crippen molar-refractivity contribution in [3.63, 3.8) is 0 Å². The van der Waals surface area contributed by atoms with Crippen LogP contribution >= 0.6 is 11.6 Å². The number of anilines is 1. The van der Waals surface area contributed by atoms with Crippen molar-refractivity contribution in [3.8, 4) is 0 Å². The molecule has 0 unspecified atom stereocenters. The van der Waals surface area contributed by atoms with Crippen LogP contribution in [0.3, 0.4) is 0 Å². The van der Waals surface area contributed by atoms with Gasteiger partial charge in [-0.1, -0.05) is 11.6 Å². The van der Waals surface area contributed by atoms with Crippen molar-refractivity contribution < 1.29 is 4.79 Å². The molecule has 0 saturated heterocycles. The number of carbonyl (C=O) groups excluding carboxylic acids is 1. The van der Waals surface area contributed by atoms with Crippen LogP contribution in [0.5, 0.6) is 0 Å². The third-order valence-corrected chi connectivity index (χ3v) is 3.79. The van der Waals surface area contributed by atoms with E-state index in [1.807, 2.05) is 13.0 Å². The highest BCUT2D eigenvalue weighted by atomic mass is 35.5. The predicted molar refractivity (Wildman–Crippen MR) is 91.1 cm³/mol. The Balaban J connectivity index is 2.07. The smallest absolute Gasteiger partial charge is 0.262 e. The van der Waals surface area contributed by atoms with Crippen LogP contribution in [-0.2, 0) is 7.05 Å². The molecule has 0 spiro atoms. The van der Waals surface area contributed by atoms with E-state index in [-0.39, 0.29) is 11.0 Å². The summed E-state index contributed by atoms with van der Waals surface area (Å²) in [4.78, 5) is 29.1. The Morgan fingerprint density at radius 2 is 2.04 bits per heavy atom. The molecule has 0 saturated carbocycles. The van der Waals surface area contributed by atoms with Crippen LogP contribution in [0.1, 0.15) is 15.9 Å². The summed E-state index contributed by atoms with van der Waals surface area (Å²) in [5.41, 5.74) is 1.37. The molecule has 0 aliphatic carbocycles. The van der Waals surface area contributed by atoms with Crippen molar-refractivity contribution >= 4 is 34.2 Å². The molecule has 1 N–H and O–H groups in total. The van der Waals surface area contributed by atoms with Crippen LogP contribution in [0.2, 0.25) is 5.02 Å². The second-order valence-corrected chi connectivity index (χ2v) is 5.75. The van der Waals surface area contributed by atoms with Crippen LogP contribution in [0.15, 0.2) is 47.5 Å². The first kappa shape index (κ1) is 15.2. The summed E-state index contributed by atoms with van der Waals surface area (Å²) < 4.78 is 1.73. The summed E-state index contributed by atoms with van der Waals surface area (Å²) in [6.45, 7) is 1.90. The normalized spacial score (nSPS) is 10.7. The standard InChI is InChI=1S/C17H14ClN3O2/c1-10-5-6-19-15(7-10)20-17(23)13-9-21(2)14-4-3-11(18)8-12(14)16(13)22/h3-9H,1-2H3,(H,19,20,23). The highest BCUT2D eigenvalue weighted by Crippen LogP contribution is 2.17. The van der Waals surface area contributed by atoms with Gasteiger partial charge in [-0.05, 0) is 42.8 Å². The molecule has 2 heterocycles. The second-order valence-electron chi connectivity index (χ2n) is 5.32. The van der Waals surface area contributed by atoms with Crippen LogP contribution in [0.4, 0.5) is 5.82 Å². The number of rotatable bonds is 2. The van der Waals surface area contributed by atoms with Crippen LogP contribution in [0, 0.1) is 6.92 Å². The molecule has 6 heteroatoms. The summed E-state index contributed by atoms with van der Waals surface area (Å²) in [6.07, 6.45) is 3.12. The lowest BCUT2D eigenvalue weighted by Crippen LogP contribution is -2.23. The molecular formula is C17H14ClN3O2. The van der Waals surface area contributed by atoms with E-state index in [9.17, 15) is 9.59 Å². The number of halogens is 1. The van der Waals surface area contributed by atoms with Gasteiger partial charge in [0.05, 0.1) is 5.52 Å². The summed E-state index contributed by atoms with van der Waals surface area (Å²) in [5, 5.41) is 3.51. The Bertz CT molecular complexity index is 979. The first-order valence-corrected chi connectivity index (χ1v) is 7.36. The summed E-state index contributed by atoms with van der Waals surface area (Å²) >= 11 is 5.96. The van der Waals surface area contributed by atoms with Gasteiger partial charge in [0, 0.05) is 29.9 Å². The molecule has 0 atom stereocenters. The molecule has 3 aromatic rings. The van der Waals surface area contributed by atoms with Gasteiger partial charge in [0.15, 0.2) is 0 Å². The number of carbonyl (C=O) groups is 1. The van der Waals surface area contributed by atoms with Crippen molar-refractivity contribution in [1.82, 2.24) is 9.55 Å². The maximum Gasteiger partial charge on any atom is 0.262 e. The van der Waals surface area contributed by atoms with Gasteiger partial charge in [0.1, 0.15) is 11.4 Å². The average Bonchev–Trinajstić information content (AvgIpc) is 2.50. The Labute approximate surface area is 137 Å². The fourth-order valence-electron chi connectivity index (χ4n) is 2.41. The van der Waals surface area contributed by atoms with E-state index in [1.165, 1.54) is 6.20 Å². The molecule has 0 aliphatic heterocycles. The SMILES string of the molecule is Cc1ccnc(NC(=O)c2cn(C)c3ccc(Cl)cc3c2=O)c1. The maximum absolute atomic E-state index is 12.6. The lowest BCUT2D eigenvalue weighted by atomic mass is 10.1. The lowest BCUT2D eigenvalue weighted by molar-refractivity contribution is 0.102. The molecule has 1 amide bonds. The quantitative estimate of drug-likeness (QED) is 0.786. The van der Waals surface area contributed by atoms with Crippen molar-refractivity contribution in [1.29, 1.82) is 0 Å². The van der Waals surface area contributed by atoms with Crippen LogP contribution in [0.25, 0.3) is 10.9 Å². The number of benzene rings is 1. The van der Waals surface area contributed by atoms with Gasteiger partial charge in [0.25, 0.3) is 5.91 Å². The largest absolute Gasteiger partial charge is 0.350 e. The number of aryl methyl sites for hydroxylation is 2. The van der Waals surface area contributed by atoms with Crippen molar-refractivity contribution in [2.75, 3.05) is 5.32 Å². The van der Waals surface area contributed by atoms with Crippen molar-refractivity contribution in [2.24, 2.45) is 7.05 Å². The number of nitrogens with one attached hydrogen (secondary N) is 1. The van der Waals surface area contributed by atoms with Gasteiger partial charge in [-0.25, -0.2) is 4.98 Å². The molecule has 0 bridgehead atoms. The number of fused-ring (bicyclic) bond motifs is 1. The zero-order valence-electron chi connectivity index (χ0n) is 12.6. The van der Waals surface area contributed by atoms with E-state index in [1.54, 1.807) is 42.1 Å². The Hall–Kier alpha value is -2.66. The van der Waals surface area contributed by atoms with Gasteiger partial charge in [0.2, 0.25) is 5.43 Å². The first-order chi connectivity index (χ1) is 11.0. The van der Waals surface area contributed by atoms with E-state index in [0.717, 1.165) is 5.56 Å². The Morgan fingerprint density at radius 1 is 1.26 bits per heavy atom. The minimum atomic E-state index is -0.495. The Morgan fingerprint density at radius 3 is 2.78 bits per heavy atom. The highest BCUT2D eigenvalue weighted by molar-refractivity contribution is 6.31. The average molecular weight is 328 g/mol. The highest BCUT2D eigenvalue weighted by Gasteiger charge is 2.15. The molecule has 3 rings (SSSR count). The number of amides is 1. The van der Waals surface area contributed by atoms with Crippen molar-refractivity contribution in [2.45, 2.75) is 6.92 Å². The van der Waals surface area contributed by atoms with E-state index in [2.05, 4.69) is 10.3 Å². The predicted octanol–water partition coefficient (Wildman–Crippen LogP) is 3.15. The van der Waals surface area contributed by atoms with Gasteiger partial charge in [-0.3, -0.25) is 9.59 Å².